The molecule has 0 unspecified atom stereocenters. The maximum atomic E-state index is 12.2. The lowest BCUT2D eigenvalue weighted by Crippen LogP contribution is -2.48. The minimum atomic E-state index is -0.572. The SMILES string of the molecule is CC[C@@](C)(CO)NC(=O)c1n[nH]c2c1CCCC2. The molecule has 0 spiro atoms. The molecule has 18 heavy (non-hydrogen) atoms. The van der Waals surface area contributed by atoms with Crippen molar-refractivity contribution in [2.75, 3.05) is 6.61 Å². The van der Waals surface area contributed by atoms with E-state index in [2.05, 4.69) is 15.5 Å². The van der Waals surface area contributed by atoms with Crippen LogP contribution in [0.4, 0.5) is 0 Å². The number of fused-ring (bicyclic) bond motifs is 1. The Bertz CT molecular complexity index is 435. The van der Waals surface area contributed by atoms with Crippen molar-refractivity contribution in [1.29, 1.82) is 0 Å². The molecule has 0 saturated carbocycles. The van der Waals surface area contributed by atoms with Crippen molar-refractivity contribution in [1.82, 2.24) is 15.5 Å². The average molecular weight is 251 g/mol. The van der Waals surface area contributed by atoms with Crippen molar-refractivity contribution in [2.45, 2.75) is 51.5 Å². The first kappa shape index (κ1) is 13.1. The average Bonchev–Trinajstić information content (AvgIpc) is 2.82. The molecule has 1 aliphatic carbocycles. The van der Waals surface area contributed by atoms with Crippen LogP contribution in [0.15, 0.2) is 0 Å². The second kappa shape index (κ2) is 5.10. The van der Waals surface area contributed by atoms with E-state index in [4.69, 9.17) is 0 Å². The van der Waals surface area contributed by atoms with Crippen LogP contribution in [0.2, 0.25) is 0 Å². The number of aromatic amines is 1. The number of aliphatic hydroxyl groups excluding tert-OH is 1. The largest absolute Gasteiger partial charge is 0.394 e. The Morgan fingerprint density at radius 1 is 1.50 bits per heavy atom. The third-order valence-corrected chi connectivity index (χ3v) is 3.82. The van der Waals surface area contributed by atoms with Crippen LogP contribution < -0.4 is 5.32 Å². The van der Waals surface area contributed by atoms with E-state index in [-0.39, 0.29) is 12.5 Å². The fourth-order valence-electron chi connectivity index (χ4n) is 2.24. The molecule has 1 amide bonds. The van der Waals surface area contributed by atoms with Crippen LogP contribution >= 0.6 is 0 Å². The van der Waals surface area contributed by atoms with E-state index in [0.29, 0.717) is 12.1 Å². The van der Waals surface area contributed by atoms with E-state index in [1.54, 1.807) is 0 Å². The van der Waals surface area contributed by atoms with Gasteiger partial charge in [-0.3, -0.25) is 9.89 Å². The monoisotopic (exact) mass is 251 g/mol. The van der Waals surface area contributed by atoms with Gasteiger partial charge in [-0.25, -0.2) is 0 Å². The van der Waals surface area contributed by atoms with Gasteiger partial charge in [-0.05, 0) is 39.0 Å². The van der Waals surface area contributed by atoms with Gasteiger partial charge in [0, 0.05) is 11.3 Å². The maximum absolute atomic E-state index is 12.2. The van der Waals surface area contributed by atoms with Gasteiger partial charge in [-0.2, -0.15) is 5.10 Å². The predicted molar refractivity (Wildman–Crippen MR) is 68.5 cm³/mol. The summed E-state index contributed by atoms with van der Waals surface area (Å²) in [5.41, 5.74) is 2.07. The zero-order chi connectivity index (χ0) is 13.2. The summed E-state index contributed by atoms with van der Waals surface area (Å²) >= 11 is 0. The van der Waals surface area contributed by atoms with E-state index in [1.165, 1.54) is 0 Å². The number of aromatic nitrogens is 2. The van der Waals surface area contributed by atoms with Gasteiger partial charge in [-0.15, -0.1) is 0 Å². The summed E-state index contributed by atoms with van der Waals surface area (Å²) in [5, 5.41) is 19.3. The number of aliphatic hydroxyl groups is 1. The zero-order valence-corrected chi connectivity index (χ0v) is 11.0. The summed E-state index contributed by atoms with van der Waals surface area (Å²) in [7, 11) is 0. The number of hydrogen-bond acceptors (Lipinski definition) is 3. The van der Waals surface area contributed by atoms with E-state index in [0.717, 1.165) is 36.9 Å². The molecule has 2 rings (SSSR count). The molecule has 5 heteroatoms. The molecule has 3 N–H and O–H groups in total. The Morgan fingerprint density at radius 3 is 2.89 bits per heavy atom. The third kappa shape index (κ3) is 2.41. The molecule has 5 nitrogen and oxygen atoms in total. The molecular formula is C13H21N3O2. The van der Waals surface area contributed by atoms with Crippen LogP contribution in [0.3, 0.4) is 0 Å². The number of nitrogens with zero attached hydrogens (tertiary/aromatic N) is 1. The van der Waals surface area contributed by atoms with E-state index in [9.17, 15) is 9.90 Å². The maximum Gasteiger partial charge on any atom is 0.272 e. The summed E-state index contributed by atoms with van der Waals surface area (Å²) in [5.74, 6) is -0.187. The van der Waals surface area contributed by atoms with Crippen molar-refractivity contribution in [3.8, 4) is 0 Å². The highest BCUT2D eigenvalue weighted by Crippen LogP contribution is 2.22. The van der Waals surface area contributed by atoms with E-state index < -0.39 is 5.54 Å². The smallest absolute Gasteiger partial charge is 0.272 e. The Kier molecular flexibility index (Phi) is 3.71. The fourth-order valence-corrected chi connectivity index (χ4v) is 2.24. The van der Waals surface area contributed by atoms with Crippen molar-refractivity contribution in [3.05, 3.63) is 17.0 Å². The molecule has 1 atom stereocenters. The number of rotatable bonds is 4. The number of H-pyrrole nitrogens is 1. The van der Waals surface area contributed by atoms with Gasteiger partial charge in [0.15, 0.2) is 5.69 Å². The van der Waals surface area contributed by atoms with Crippen molar-refractivity contribution in [3.63, 3.8) is 0 Å². The number of carbonyl (C=O) groups is 1. The molecule has 0 bridgehead atoms. The zero-order valence-electron chi connectivity index (χ0n) is 11.0. The first-order valence-electron chi connectivity index (χ1n) is 6.59. The molecule has 0 radical (unpaired) electrons. The minimum absolute atomic E-state index is 0.0676. The van der Waals surface area contributed by atoms with Crippen molar-refractivity contribution in [2.24, 2.45) is 0 Å². The topological polar surface area (TPSA) is 78.0 Å². The Hall–Kier alpha value is -1.36. The second-order valence-corrected chi connectivity index (χ2v) is 5.26. The summed E-state index contributed by atoms with van der Waals surface area (Å²) in [6, 6.07) is 0. The number of amides is 1. The summed E-state index contributed by atoms with van der Waals surface area (Å²) in [4.78, 5) is 12.2. The lowest BCUT2D eigenvalue weighted by molar-refractivity contribution is 0.0841. The first-order valence-corrected chi connectivity index (χ1v) is 6.59. The fraction of sp³-hybridized carbons (Fsp3) is 0.692. The van der Waals surface area contributed by atoms with Crippen molar-refractivity contribution < 1.29 is 9.90 Å². The molecule has 1 aromatic heterocycles. The molecule has 0 saturated heterocycles. The summed E-state index contributed by atoms with van der Waals surface area (Å²) in [6.07, 6.45) is 4.83. The normalized spacial score (nSPS) is 17.9. The number of aryl methyl sites for hydroxylation is 1. The molecule has 0 aromatic carbocycles. The summed E-state index contributed by atoms with van der Waals surface area (Å²) < 4.78 is 0. The molecule has 1 heterocycles. The number of carbonyl (C=O) groups excluding carboxylic acids is 1. The summed E-state index contributed by atoms with van der Waals surface area (Å²) in [6.45, 7) is 3.71. The number of nitrogens with one attached hydrogen (secondary N) is 2. The molecule has 100 valence electrons. The molecule has 0 fully saturated rings. The van der Waals surface area contributed by atoms with Gasteiger partial charge in [0.1, 0.15) is 0 Å². The standard InChI is InChI=1S/C13H21N3O2/c1-3-13(2,8-17)14-12(18)11-9-6-4-5-7-10(9)15-16-11/h17H,3-8H2,1-2H3,(H,14,18)(H,15,16)/t13-/m0/s1. The van der Waals surface area contributed by atoms with E-state index >= 15 is 0 Å². The highest BCUT2D eigenvalue weighted by Gasteiger charge is 2.28. The second-order valence-electron chi connectivity index (χ2n) is 5.26. The molecule has 0 aliphatic heterocycles. The first-order chi connectivity index (χ1) is 8.59. The quantitative estimate of drug-likeness (QED) is 0.752. The van der Waals surface area contributed by atoms with Crippen LogP contribution in [0.1, 0.15) is 54.9 Å². The van der Waals surface area contributed by atoms with Crippen LogP contribution in [0.5, 0.6) is 0 Å². The lowest BCUT2D eigenvalue weighted by Gasteiger charge is -2.27. The Balaban J connectivity index is 2.17. The molecule has 1 aliphatic rings. The van der Waals surface area contributed by atoms with Gasteiger partial charge in [0.05, 0.1) is 12.1 Å². The third-order valence-electron chi connectivity index (χ3n) is 3.82. The van der Waals surface area contributed by atoms with Crippen LogP contribution in [0, 0.1) is 0 Å². The number of hydrogen-bond donors (Lipinski definition) is 3. The van der Waals surface area contributed by atoms with Crippen molar-refractivity contribution >= 4 is 5.91 Å². The van der Waals surface area contributed by atoms with Gasteiger partial charge < -0.3 is 10.4 Å². The Labute approximate surface area is 107 Å². The Morgan fingerprint density at radius 2 is 2.22 bits per heavy atom. The highest BCUT2D eigenvalue weighted by molar-refractivity contribution is 5.94. The van der Waals surface area contributed by atoms with Gasteiger partial charge in [0.25, 0.3) is 5.91 Å². The van der Waals surface area contributed by atoms with Crippen LogP contribution in [-0.4, -0.2) is 33.4 Å². The van der Waals surface area contributed by atoms with E-state index in [1.807, 2.05) is 13.8 Å². The van der Waals surface area contributed by atoms with Crippen LogP contribution in [-0.2, 0) is 12.8 Å². The van der Waals surface area contributed by atoms with Gasteiger partial charge in [-0.1, -0.05) is 6.92 Å². The van der Waals surface area contributed by atoms with Gasteiger partial charge >= 0.3 is 0 Å². The highest BCUT2D eigenvalue weighted by atomic mass is 16.3. The molecule has 1 aromatic rings. The predicted octanol–water partition coefficient (Wildman–Crippen LogP) is 1.18. The molecular weight excluding hydrogens is 230 g/mol. The van der Waals surface area contributed by atoms with Gasteiger partial charge in [0.2, 0.25) is 0 Å². The van der Waals surface area contributed by atoms with Crippen LogP contribution in [0.25, 0.3) is 0 Å². The lowest BCUT2D eigenvalue weighted by atomic mass is 9.95. The minimum Gasteiger partial charge on any atom is -0.394 e.